The number of pyridine rings is 3. The van der Waals surface area contributed by atoms with Gasteiger partial charge in [0.2, 0.25) is 5.91 Å². The van der Waals surface area contributed by atoms with Gasteiger partial charge in [-0.05, 0) is 37.3 Å². The first-order valence-electron chi connectivity index (χ1n) is 11.6. The van der Waals surface area contributed by atoms with Gasteiger partial charge in [-0.3, -0.25) is 19.4 Å². The maximum atomic E-state index is 12.1. The smallest absolute Gasteiger partial charge is 0.226 e. The Hall–Kier alpha value is -4.86. The van der Waals surface area contributed by atoms with Gasteiger partial charge in [-0.2, -0.15) is 5.10 Å². The number of carbonyl (C=O) groups is 1. The van der Waals surface area contributed by atoms with Crippen LogP contribution in [0.2, 0.25) is 0 Å². The van der Waals surface area contributed by atoms with Crippen LogP contribution in [0.1, 0.15) is 19.5 Å². The lowest BCUT2D eigenvalue weighted by molar-refractivity contribution is -0.118. The number of amides is 1. The molecule has 0 bridgehead atoms. The summed E-state index contributed by atoms with van der Waals surface area (Å²) in [5, 5.41) is 11.5. The standard InChI is InChI=1S/C26H23N9O/c1-14(2)26(36)30-17-8-16(10-27-11-17)19-4-5-21-23(32-19)24(34-33-21)22-9-18-20(31-22)6-7-28-25(18)35-12-15(3)29-13-35/h4-14,31H,1-3H3,(H,30,36)(H,33,34). The molecule has 0 atom stereocenters. The molecule has 178 valence electrons. The number of nitrogens with zero attached hydrogens (tertiary/aromatic N) is 6. The van der Waals surface area contributed by atoms with Gasteiger partial charge in [-0.1, -0.05) is 13.8 Å². The zero-order chi connectivity index (χ0) is 24.8. The monoisotopic (exact) mass is 477 g/mol. The van der Waals surface area contributed by atoms with E-state index in [-0.39, 0.29) is 11.8 Å². The number of rotatable bonds is 5. The molecule has 10 heteroatoms. The third-order valence-corrected chi connectivity index (χ3v) is 5.97. The Morgan fingerprint density at radius 3 is 2.78 bits per heavy atom. The van der Waals surface area contributed by atoms with Crippen molar-refractivity contribution in [3.05, 3.63) is 67.1 Å². The molecule has 0 fully saturated rings. The molecule has 0 aromatic carbocycles. The van der Waals surface area contributed by atoms with E-state index >= 15 is 0 Å². The van der Waals surface area contributed by atoms with Crippen LogP contribution in [-0.4, -0.2) is 45.6 Å². The highest BCUT2D eigenvalue weighted by Gasteiger charge is 2.16. The molecule has 0 spiro atoms. The minimum Gasteiger partial charge on any atom is -0.353 e. The van der Waals surface area contributed by atoms with Crippen LogP contribution >= 0.6 is 0 Å². The lowest BCUT2D eigenvalue weighted by atomic mass is 10.1. The van der Waals surface area contributed by atoms with Crippen LogP contribution in [0.4, 0.5) is 5.69 Å². The maximum absolute atomic E-state index is 12.1. The van der Waals surface area contributed by atoms with Crippen LogP contribution in [0, 0.1) is 12.8 Å². The van der Waals surface area contributed by atoms with E-state index < -0.39 is 0 Å². The second-order valence-corrected chi connectivity index (χ2v) is 8.97. The Kier molecular flexibility index (Phi) is 5.06. The second-order valence-electron chi connectivity index (χ2n) is 8.97. The quantitative estimate of drug-likeness (QED) is 0.331. The van der Waals surface area contributed by atoms with Crippen molar-refractivity contribution in [1.82, 2.24) is 39.7 Å². The van der Waals surface area contributed by atoms with Crippen molar-refractivity contribution in [2.75, 3.05) is 5.32 Å². The predicted octanol–water partition coefficient (Wildman–Crippen LogP) is 4.65. The number of anilines is 1. The Bertz CT molecular complexity index is 1740. The minimum absolute atomic E-state index is 0.0620. The van der Waals surface area contributed by atoms with E-state index in [0.717, 1.165) is 50.4 Å². The SMILES string of the molecule is Cc1cn(-c2nccc3[nH]c(-c4n[nH]c5ccc(-c6cncc(NC(=O)C(C)C)c6)nc45)cc23)cn1. The fourth-order valence-corrected chi connectivity index (χ4v) is 4.09. The molecule has 0 radical (unpaired) electrons. The van der Waals surface area contributed by atoms with Gasteiger partial charge in [0.05, 0.1) is 40.0 Å². The summed E-state index contributed by atoms with van der Waals surface area (Å²) < 4.78 is 1.91. The first kappa shape index (κ1) is 21.7. The van der Waals surface area contributed by atoms with Gasteiger partial charge in [0.15, 0.2) is 0 Å². The fourth-order valence-electron chi connectivity index (χ4n) is 4.09. The Morgan fingerprint density at radius 1 is 1.08 bits per heavy atom. The van der Waals surface area contributed by atoms with Crippen molar-refractivity contribution in [2.45, 2.75) is 20.8 Å². The summed E-state index contributed by atoms with van der Waals surface area (Å²) in [6.45, 7) is 5.64. The number of imidazole rings is 1. The van der Waals surface area contributed by atoms with Gasteiger partial charge in [-0.25, -0.2) is 15.0 Å². The number of hydrogen-bond donors (Lipinski definition) is 3. The molecule has 3 N–H and O–H groups in total. The van der Waals surface area contributed by atoms with Gasteiger partial charge in [0, 0.05) is 35.5 Å². The molecule has 6 rings (SSSR count). The third-order valence-electron chi connectivity index (χ3n) is 5.97. The number of aromatic amines is 2. The lowest BCUT2D eigenvalue weighted by Crippen LogP contribution is -2.17. The predicted molar refractivity (Wildman–Crippen MR) is 138 cm³/mol. The average Bonchev–Trinajstić information content (AvgIpc) is 3.61. The van der Waals surface area contributed by atoms with E-state index in [4.69, 9.17) is 4.98 Å². The largest absolute Gasteiger partial charge is 0.353 e. The number of hydrogen-bond acceptors (Lipinski definition) is 6. The number of aromatic nitrogens is 8. The number of carbonyl (C=O) groups excluding carboxylic acids is 1. The summed E-state index contributed by atoms with van der Waals surface area (Å²) in [6.07, 6.45) is 8.83. The highest BCUT2D eigenvalue weighted by molar-refractivity contribution is 5.96. The molecule has 0 saturated carbocycles. The summed E-state index contributed by atoms with van der Waals surface area (Å²) in [5.74, 6) is 0.602. The first-order chi connectivity index (χ1) is 17.5. The van der Waals surface area contributed by atoms with E-state index in [1.165, 1.54) is 0 Å². The van der Waals surface area contributed by atoms with Crippen molar-refractivity contribution >= 4 is 33.5 Å². The van der Waals surface area contributed by atoms with Crippen LogP contribution in [-0.2, 0) is 4.79 Å². The molecule has 6 heterocycles. The zero-order valence-electron chi connectivity index (χ0n) is 19.9. The van der Waals surface area contributed by atoms with Crippen molar-refractivity contribution in [3.63, 3.8) is 0 Å². The van der Waals surface area contributed by atoms with E-state index in [1.807, 2.05) is 61.9 Å². The summed E-state index contributed by atoms with van der Waals surface area (Å²) >= 11 is 0. The topological polar surface area (TPSA) is 130 Å². The lowest BCUT2D eigenvalue weighted by Gasteiger charge is -2.08. The minimum atomic E-state index is -0.124. The van der Waals surface area contributed by atoms with E-state index in [1.54, 1.807) is 24.9 Å². The highest BCUT2D eigenvalue weighted by atomic mass is 16.1. The molecule has 0 aliphatic carbocycles. The molecule has 6 aromatic heterocycles. The van der Waals surface area contributed by atoms with Gasteiger partial charge >= 0.3 is 0 Å². The number of H-pyrrole nitrogens is 2. The molecule has 6 aromatic rings. The van der Waals surface area contributed by atoms with E-state index in [9.17, 15) is 4.79 Å². The van der Waals surface area contributed by atoms with Gasteiger partial charge in [0.1, 0.15) is 23.4 Å². The molecule has 0 aliphatic rings. The molecule has 36 heavy (non-hydrogen) atoms. The Morgan fingerprint density at radius 2 is 1.97 bits per heavy atom. The van der Waals surface area contributed by atoms with Crippen LogP contribution in [0.25, 0.3) is 50.4 Å². The number of fused-ring (bicyclic) bond motifs is 2. The third kappa shape index (κ3) is 3.78. The van der Waals surface area contributed by atoms with Crippen LogP contribution in [0.15, 0.2) is 61.4 Å². The molecular formula is C26H23N9O. The first-order valence-corrected chi connectivity index (χ1v) is 11.6. The highest BCUT2D eigenvalue weighted by Crippen LogP contribution is 2.31. The van der Waals surface area contributed by atoms with Crippen LogP contribution < -0.4 is 5.32 Å². The summed E-state index contributed by atoms with van der Waals surface area (Å²) in [7, 11) is 0. The number of aryl methyl sites for hydroxylation is 1. The fraction of sp³-hybridized carbons (Fsp3) is 0.154. The van der Waals surface area contributed by atoms with Crippen LogP contribution in [0.5, 0.6) is 0 Å². The molecular weight excluding hydrogens is 454 g/mol. The average molecular weight is 478 g/mol. The van der Waals surface area contributed by atoms with E-state index in [2.05, 4.69) is 35.5 Å². The number of nitrogens with one attached hydrogen (secondary N) is 3. The van der Waals surface area contributed by atoms with Crippen molar-refractivity contribution in [2.24, 2.45) is 5.92 Å². The zero-order valence-corrected chi connectivity index (χ0v) is 19.9. The molecule has 0 saturated heterocycles. The Labute approximate surface area is 205 Å². The van der Waals surface area contributed by atoms with Gasteiger partial charge in [-0.15, -0.1) is 0 Å². The molecule has 0 unspecified atom stereocenters. The normalized spacial score (nSPS) is 11.6. The molecule has 0 aliphatic heterocycles. The molecule has 1 amide bonds. The summed E-state index contributed by atoms with van der Waals surface area (Å²) in [5.41, 5.74) is 7.07. The van der Waals surface area contributed by atoms with Crippen molar-refractivity contribution < 1.29 is 4.79 Å². The maximum Gasteiger partial charge on any atom is 0.226 e. The van der Waals surface area contributed by atoms with Crippen molar-refractivity contribution in [1.29, 1.82) is 0 Å². The van der Waals surface area contributed by atoms with Crippen molar-refractivity contribution in [3.8, 4) is 28.5 Å². The van der Waals surface area contributed by atoms with Gasteiger partial charge in [0.25, 0.3) is 0 Å². The summed E-state index contributed by atoms with van der Waals surface area (Å²) in [4.78, 5) is 33.6. The summed E-state index contributed by atoms with van der Waals surface area (Å²) in [6, 6.07) is 9.68. The molecule has 10 nitrogen and oxygen atoms in total. The Balaban J connectivity index is 1.41. The second kappa shape index (κ2) is 8.42. The van der Waals surface area contributed by atoms with Gasteiger partial charge < -0.3 is 10.3 Å². The van der Waals surface area contributed by atoms with Crippen LogP contribution in [0.3, 0.4) is 0 Å². The van der Waals surface area contributed by atoms with E-state index in [0.29, 0.717) is 11.4 Å².